The van der Waals surface area contributed by atoms with E-state index in [1.165, 1.54) is 14.2 Å². The summed E-state index contributed by atoms with van der Waals surface area (Å²) in [7, 11) is 2.47. The first-order valence-corrected chi connectivity index (χ1v) is 4.40. The Balaban J connectivity index is 3.01. The maximum absolute atomic E-state index is 11.3. The summed E-state index contributed by atoms with van der Waals surface area (Å²) in [5.74, 6) is -0.702. The van der Waals surface area contributed by atoms with E-state index in [0.717, 1.165) is 6.08 Å². The molecule has 4 atom stereocenters. The maximum Gasteiger partial charge on any atom is 0.336 e. The summed E-state index contributed by atoms with van der Waals surface area (Å²) < 4.78 is 9.33. The first kappa shape index (κ1) is 12.1. The fraction of sp³-hybridized carbons (Fsp3) is 0.667. The van der Waals surface area contributed by atoms with Gasteiger partial charge in [-0.25, -0.2) is 4.79 Å². The highest BCUT2D eigenvalue weighted by molar-refractivity contribution is 5.90. The third-order valence-corrected chi connectivity index (χ3v) is 2.34. The van der Waals surface area contributed by atoms with E-state index in [1.807, 2.05) is 0 Å². The van der Waals surface area contributed by atoms with Crippen LogP contribution in [0.5, 0.6) is 0 Å². The second-order valence-corrected chi connectivity index (χ2v) is 3.24. The molecule has 1 unspecified atom stereocenters. The second-order valence-electron chi connectivity index (χ2n) is 3.24. The number of carbonyl (C=O) groups excluding carboxylic acids is 1. The number of rotatable bonds is 2. The van der Waals surface area contributed by atoms with Crippen LogP contribution in [0.25, 0.3) is 0 Å². The average molecular weight is 218 g/mol. The largest absolute Gasteiger partial charge is 0.466 e. The van der Waals surface area contributed by atoms with Gasteiger partial charge in [0.1, 0.15) is 24.4 Å². The predicted octanol–water partition coefficient (Wildman–Crippen LogP) is -1.80. The van der Waals surface area contributed by atoms with Crippen molar-refractivity contribution in [1.29, 1.82) is 0 Å². The number of aliphatic hydroxyl groups excluding tert-OH is 3. The molecule has 6 nitrogen and oxygen atoms in total. The van der Waals surface area contributed by atoms with Crippen molar-refractivity contribution in [2.75, 3.05) is 14.2 Å². The molecule has 0 bridgehead atoms. The number of hydrogen-bond donors (Lipinski definition) is 3. The zero-order chi connectivity index (χ0) is 11.6. The van der Waals surface area contributed by atoms with Gasteiger partial charge in [-0.05, 0) is 6.08 Å². The van der Waals surface area contributed by atoms with Gasteiger partial charge in [-0.1, -0.05) is 0 Å². The van der Waals surface area contributed by atoms with Crippen molar-refractivity contribution in [2.45, 2.75) is 24.4 Å². The molecule has 0 amide bonds. The summed E-state index contributed by atoms with van der Waals surface area (Å²) in [6.45, 7) is 0. The SMILES string of the molecule is COC(=O)C1=C[C@H](O)[C@H](O)[C@H](O)C1OC. The zero-order valence-electron chi connectivity index (χ0n) is 8.45. The summed E-state index contributed by atoms with van der Waals surface area (Å²) >= 11 is 0. The minimum absolute atomic E-state index is 0.00491. The Kier molecular flexibility index (Phi) is 3.81. The third kappa shape index (κ3) is 2.18. The van der Waals surface area contributed by atoms with E-state index in [-0.39, 0.29) is 5.57 Å². The monoisotopic (exact) mass is 218 g/mol. The van der Waals surface area contributed by atoms with Gasteiger partial charge in [-0.3, -0.25) is 0 Å². The number of carbonyl (C=O) groups is 1. The lowest BCUT2D eigenvalue weighted by molar-refractivity contribution is -0.143. The highest BCUT2D eigenvalue weighted by Crippen LogP contribution is 2.23. The van der Waals surface area contributed by atoms with E-state index in [9.17, 15) is 20.1 Å². The lowest BCUT2D eigenvalue weighted by Crippen LogP contribution is -2.50. The lowest BCUT2D eigenvalue weighted by atomic mass is 9.89. The van der Waals surface area contributed by atoms with Gasteiger partial charge in [0.05, 0.1) is 12.7 Å². The summed E-state index contributed by atoms with van der Waals surface area (Å²) in [4.78, 5) is 11.3. The van der Waals surface area contributed by atoms with Crippen LogP contribution in [-0.4, -0.2) is 59.9 Å². The number of aliphatic hydroxyl groups is 3. The molecule has 0 aromatic rings. The van der Waals surface area contributed by atoms with Crippen LogP contribution in [-0.2, 0) is 14.3 Å². The van der Waals surface area contributed by atoms with Crippen molar-refractivity contribution >= 4 is 5.97 Å². The molecule has 1 aliphatic rings. The Labute approximate surface area is 86.7 Å². The molecule has 0 saturated carbocycles. The van der Waals surface area contributed by atoms with E-state index in [0.29, 0.717) is 0 Å². The Morgan fingerprint density at radius 1 is 1.27 bits per heavy atom. The second kappa shape index (κ2) is 4.71. The van der Waals surface area contributed by atoms with Crippen LogP contribution >= 0.6 is 0 Å². The fourth-order valence-corrected chi connectivity index (χ4v) is 1.51. The summed E-state index contributed by atoms with van der Waals surface area (Å²) in [5, 5.41) is 28.2. The maximum atomic E-state index is 11.3. The van der Waals surface area contributed by atoms with Gasteiger partial charge in [0.15, 0.2) is 0 Å². The van der Waals surface area contributed by atoms with Gasteiger partial charge in [0.25, 0.3) is 0 Å². The zero-order valence-corrected chi connectivity index (χ0v) is 8.45. The van der Waals surface area contributed by atoms with Gasteiger partial charge < -0.3 is 24.8 Å². The molecule has 0 saturated heterocycles. The minimum Gasteiger partial charge on any atom is -0.466 e. The smallest absolute Gasteiger partial charge is 0.336 e. The molecule has 15 heavy (non-hydrogen) atoms. The van der Waals surface area contributed by atoms with Crippen LogP contribution in [0.3, 0.4) is 0 Å². The van der Waals surface area contributed by atoms with Crippen molar-refractivity contribution in [2.24, 2.45) is 0 Å². The standard InChI is InChI=1S/C9H14O6/c1-14-8-4(9(13)15-2)3-5(10)6(11)7(8)12/h3,5-8,10-12H,1-2H3/t5-,6-,7-,8?/m0/s1. The quantitative estimate of drug-likeness (QED) is 0.473. The van der Waals surface area contributed by atoms with Crippen LogP contribution in [0.2, 0.25) is 0 Å². The van der Waals surface area contributed by atoms with Crippen LogP contribution in [0.15, 0.2) is 11.6 Å². The Morgan fingerprint density at radius 2 is 1.87 bits per heavy atom. The number of ether oxygens (including phenoxy) is 2. The van der Waals surface area contributed by atoms with Crippen LogP contribution < -0.4 is 0 Å². The molecular weight excluding hydrogens is 204 g/mol. The van der Waals surface area contributed by atoms with Crippen molar-refractivity contribution in [3.05, 3.63) is 11.6 Å². The van der Waals surface area contributed by atoms with Crippen molar-refractivity contribution in [3.8, 4) is 0 Å². The van der Waals surface area contributed by atoms with E-state index in [4.69, 9.17) is 4.74 Å². The van der Waals surface area contributed by atoms with Gasteiger partial charge in [-0.2, -0.15) is 0 Å². The molecule has 0 aromatic heterocycles. The Morgan fingerprint density at radius 3 is 2.33 bits per heavy atom. The normalized spacial score (nSPS) is 35.9. The predicted molar refractivity (Wildman–Crippen MR) is 48.9 cm³/mol. The molecule has 0 fully saturated rings. The van der Waals surface area contributed by atoms with Gasteiger partial charge >= 0.3 is 5.97 Å². The van der Waals surface area contributed by atoms with E-state index >= 15 is 0 Å². The molecular formula is C9H14O6. The van der Waals surface area contributed by atoms with E-state index in [1.54, 1.807) is 0 Å². The molecule has 0 radical (unpaired) electrons. The van der Waals surface area contributed by atoms with Crippen molar-refractivity contribution in [1.82, 2.24) is 0 Å². The molecule has 1 rings (SSSR count). The molecule has 1 aliphatic carbocycles. The van der Waals surface area contributed by atoms with Crippen LogP contribution in [0.4, 0.5) is 0 Å². The van der Waals surface area contributed by atoms with Crippen LogP contribution in [0, 0.1) is 0 Å². The molecule has 0 spiro atoms. The third-order valence-electron chi connectivity index (χ3n) is 2.34. The number of esters is 1. The first-order chi connectivity index (χ1) is 7.02. The number of methoxy groups -OCH3 is 2. The highest BCUT2D eigenvalue weighted by atomic mass is 16.5. The summed E-state index contributed by atoms with van der Waals surface area (Å²) in [5.41, 5.74) is 0.00491. The molecule has 0 heterocycles. The van der Waals surface area contributed by atoms with Crippen molar-refractivity contribution in [3.63, 3.8) is 0 Å². The molecule has 0 aliphatic heterocycles. The topological polar surface area (TPSA) is 96.2 Å². The lowest BCUT2D eigenvalue weighted by Gasteiger charge is -2.33. The average Bonchev–Trinajstić information content (AvgIpc) is 2.24. The Bertz CT molecular complexity index is 274. The fourth-order valence-electron chi connectivity index (χ4n) is 1.51. The molecule has 0 aromatic carbocycles. The Hall–Kier alpha value is -0.950. The molecule has 6 heteroatoms. The highest BCUT2D eigenvalue weighted by Gasteiger charge is 2.40. The van der Waals surface area contributed by atoms with E-state index in [2.05, 4.69) is 4.74 Å². The molecule has 86 valence electrons. The van der Waals surface area contributed by atoms with Crippen LogP contribution in [0.1, 0.15) is 0 Å². The van der Waals surface area contributed by atoms with Gasteiger partial charge in [-0.15, -0.1) is 0 Å². The van der Waals surface area contributed by atoms with Crippen molar-refractivity contribution < 1.29 is 29.6 Å². The summed E-state index contributed by atoms with van der Waals surface area (Å²) in [6, 6.07) is 0. The van der Waals surface area contributed by atoms with E-state index < -0.39 is 30.4 Å². The first-order valence-electron chi connectivity index (χ1n) is 4.40. The van der Waals surface area contributed by atoms with Gasteiger partial charge in [0.2, 0.25) is 0 Å². The molecule has 3 N–H and O–H groups in total. The minimum atomic E-state index is -1.37. The summed E-state index contributed by atoms with van der Waals surface area (Å²) in [6.07, 6.45) is -3.90. The van der Waals surface area contributed by atoms with Gasteiger partial charge in [0, 0.05) is 7.11 Å². The number of hydrogen-bond acceptors (Lipinski definition) is 6.